The summed E-state index contributed by atoms with van der Waals surface area (Å²) < 4.78 is 0. The summed E-state index contributed by atoms with van der Waals surface area (Å²) in [6.07, 6.45) is 8.23. The average molecular weight is 383 g/mol. The van der Waals surface area contributed by atoms with Gasteiger partial charge in [0.25, 0.3) is 5.56 Å². The molecule has 7 heteroatoms. The van der Waals surface area contributed by atoms with E-state index in [4.69, 9.17) is 0 Å². The van der Waals surface area contributed by atoms with Crippen LogP contribution in [0.25, 0.3) is 0 Å². The van der Waals surface area contributed by atoms with Crippen molar-refractivity contribution in [2.45, 2.75) is 28.3 Å². The Balaban J connectivity index is 1.60. The number of fused-ring (bicyclic) bond motifs is 2. The number of rotatable bonds is 3. The average Bonchev–Trinajstić information content (AvgIpc) is 2.63. The number of aryl methyl sites for hydroxylation is 1. The van der Waals surface area contributed by atoms with Crippen LogP contribution in [-0.2, 0) is 4.79 Å². The molecule has 1 amide bonds. The molecule has 5 nitrogen and oxygen atoms in total. The molecule has 0 radical (unpaired) electrons. The second-order valence-electron chi connectivity index (χ2n) is 6.05. The number of thioether (sulfide) groups is 2. The number of nitrogens with one attached hydrogen (secondary N) is 1. The number of para-hydroxylation sites is 1. The SMILES string of the molecule is Cc1cc(=O)[nH]c(SCC(=O)N2c3ccccc3S[C@@H]3C=CC=C[C@@H]32)n1. The summed E-state index contributed by atoms with van der Waals surface area (Å²) in [5.74, 6) is 0.216. The van der Waals surface area contributed by atoms with Crippen LogP contribution >= 0.6 is 23.5 Å². The van der Waals surface area contributed by atoms with Crippen molar-refractivity contribution in [2.24, 2.45) is 0 Å². The third kappa shape index (κ3) is 3.37. The van der Waals surface area contributed by atoms with Crippen LogP contribution in [0.2, 0.25) is 0 Å². The minimum atomic E-state index is -0.201. The summed E-state index contributed by atoms with van der Waals surface area (Å²) in [5.41, 5.74) is 1.38. The maximum atomic E-state index is 13.1. The van der Waals surface area contributed by atoms with Crippen LogP contribution in [0.1, 0.15) is 5.69 Å². The lowest BCUT2D eigenvalue weighted by Crippen LogP contribution is -2.48. The van der Waals surface area contributed by atoms with Crippen LogP contribution in [0.15, 0.2) is 69.5 Å². The number of hydrogen-bond donors (Lipinski definition) is 1. The molecule has 1 aliphatic heterocycles. The maximum absolute atomic E-state index is 13.1. The smallest absolute Gasteiger partial charge is 0.251 e. The number of allylic oxidation sites excluding steroid dienone is 2. The van der Waals surface area contributed by atoms with Crippen LogP contribution in [0.4, 0.5) is 5.69 Å². The van der Waals surface area contributed by atoms with E-state index >= 15 is 0 Å². The van der Waals surface area contributed by atoms with Crippen LogP contribution < -0.4 is 10.5 Å². The molecule has 0 bridgehead atoms. The predicted octanol–water partition coefficient (Wildman–Crippen LogP) is 3.17. The highest BCUT2D eigenvalue weighted by Gasteiger charge is 2.36. The van der Waals surface area contributed by atoms with E-state index in [2.05, 4.69) is 28.2 Å². The van der Waals surface area contributed by atoms with Crippen molar-refractivity contribution in [1.82, 2.24) is 9.97 Å². The third-order valence-electron chi connectivity index (χ3n) is 4.19. The zero-order chi connectivity index (χ0) is 18.1. The van der Waals surface area contributed by atoms with Crippen molar-refractivity contribution in [3.05, 3.63) is 70.7 Å². The van der Waals surface area contributed by atoms with Crippen LogP contribution in [0, 0.1) is 6.92 Å². The van der Waals surface area contributed by atoms with Gasteiger partial charge in [0.05, 0.1) is 22.7 Å². The molecule has 0 fully saturated rings. The monoisotopic (exact) mass is 383 g/mol. The summed E-state index contributed by atoms with van der Waals surface area (Å²) in [6.45, 7) is 1.77. The Labute approximate surface area is 159 Å². The van der Waals surface area contributed by atoms with E-state index in [9.17, 15) is 9.59 Å². The van der Waals surface area contributed by atoms with E-state index in [0.717, 1.165) is 10.6 Å². The van der Waals surface area contributed by atoms with E-state index < -0.39 is 0 Å². The van der Waals surface area contributed by atoms with E-state index in [-0.39, 0.29) is 28.5 Å². The van der Waals surface area contributed by atoms with Gasteiger partial charge in [0.1, 0.15) is 0 Å². The number of amides is 1. The van der Waals surface area contributed by atoms with Crippen LogP contribution in [-0.4, -0.2) is 32.9 Å². The lowest BCUT2D eigenvalue weighted by atomic mass is 10.0. The Kier molecular flexibility index (Phi) is 4.74. The number of carbonyl (C=O) groups excluding carboxylic acids is 1. The molecule has 0 saturated carbocycles. The molecule has 0 spiro atoms. The number of benzene rings is 1. The Bertz CT molecular complexity index is 967. The van der Waals surface area contributed by atoms with Crippen LogP contribution in [0.3, 0.4) is 0 Å². The third-order valence-corrected chi connectivity index (χ3v) is 6.36. The summed E-state index contributed by atoms with van der Waals surface area (Å²) in [4.78, 5) is 34.6. The van der Waals surface area contributed by atoms with Gasteiger partial charge in [-0.25, -0.2) is 4.98 Å². The first-order valence-corrected chi connectivity index (χ1v) is 10.1. The van der Waals surface area contributed by atoms with Gasteiger partial charge in [0.15, 0.2) is 5.16 Å². The number of aromatic nitrogens is 2. The molecule has 2 aromatic rings. The van der Waals surface area contributed by atoms with E-state index in [1.165, 1.54) is 17.8 Å². The van der Waals surface area contributed by atoms with Crippen molar-refractivity contribution < 1.29 is 4.79 Å². The zero-order valence-electron chi connectivity index (χ0n) is 14.1. The predicted molar refractivity (Wildman–Crippen MR) is 106 cm³/mol. The van der Waals surface area contributed by atoms with Gasteiger partial charge in [-0.15, -0.1) is 11.8 Å². The van der Waals surface area contributed by atoms with Crippen LogP contribution in [0.5, 0.6) is 0 Å². The molecule has 26 heavy (non-hydrogen) atoms. The fourth-order valence-corrected chi connectivity index (χ4v) is 5.14. The normalized spacial score (nSPS) is 20.6. The van der Waals surface area contributed by atoms with Crippen molar-refractivity contribution in [2.75, 3.05) is 10.7 Å². The zero-order valence-corrected chi connectivity index (χ0v) is 15.7. The molecular weight excluding hydrogens is 366 g/mol. The molecule has 1 aromatic carbocycles. The van der Waals surface area contributed by atoms with E-state index in [1.54, 1.807) is 18.7 Å². The summed E-state index contributed by atoms with van der Waals surface area (Å²) >= 11 is 3.04. The van der Waals surface area contributed by atoms with Gasteiger partial charge in [-0.2, -0.15) is 0 Å². The Morgan fingerprint density at radius 1 is 1.31 bits per heavy atom. The molecular formula is C19H17N3O2S2. The molecule has 4 rings (SSSR count). The van der Waals surface area contributed by atoms with Gasteiger partial charge >= 0.3 is 0 Å². The molecule has 1 aliphatic carbocycles. The van der Waals surface area contributed by atoms with Crippen molar-refractivity contribution in [3.63, 3.8) is 0 Å². The van der Waals surface area contributed by atoms with Gasteiger partial charge < -0.3 is 9.88 Å². The Morgan fingerprint density at radius 2 is 2.12 bits per heavy atom. The maximum Gasteiger partial charge on any atom is 0.251 e. The lowest BCUT2D eigenvalue weighted by molar-refractivity contribution is -0.116. The minimum absolute atomic E-state index is 0.00172. The molecule has 2 atom stereocenters. The second-order valence-corrected chi connectivity index (χ2v) is 8.24. The highest BCUT2D eigenvalue weighted by atomic mass is 32.2. The first-order valence-electron chi connectivity index (χ1n) is 8.25. The molecule has 132 valence electrons. The summed E-state index contributed by atoms with van der Waals surface area (Å²) in [6, 6.07) is 9.42. The second kappa shape index (κ2) is 7.17. The standard InChI is InChI=1S/C19H17N3O2S2/c1-12-10-17(23)21-19(20-12)25-11-18(24)22-13-6-2-4-8-15(13)26-16-9-5-3-7-14(16)22/h2-10,13,15H,11H2,1H3,(H,20,21,23)/t13-,15+/m0/s1. The minimum Gasteiger partial charge on any atom is -0.302 e. The molecule has 2 heterocycles. The van der Waals surface area contributed by atoms with Crippen molar-refractivity contribution in [3.8, 4) is 0 Å². The van der Waals surface area contributed by atoms with Gasteiger partial charge in [0.2, 0.25) is 5.91 Å². The van der Waals surface area contributed by atoms with Crippen molar-refractivity contribution in [1.29, 1.82) is 0 Å². The van der Waals surface area contributed by atoms with E-state index in [0.29, 0.717) is 10.9 Å². The van der Waals surface area contributed by atoms with Gasteiger partial charge in [-0.1, -0.05) is 48.2 Å². The fourth-order valence-electron chi connectivity index (χ4n) is 3.10. The summed E-state index contributed by atoms with van der Waals surface area (Å²) in [5, 5.41) is 0.680. The Morgan fingerprint density at radius 3 is 2.96 bits per heavy atom. The molecule has 1 N–H and O–H groups in total. The molecule has 0 unspecified atom stereocenters. The topological polar surface area (TPSA) is 66.1 Å². The quantitative estimate of drug-likeness (QED) is 0.651. The number of nitrogens with zero attached hydrogens (tertiary/aromatic N) is 2. The van der Waals surface area contributed by atoms with Gasteiger partial charge in [-0.3, -0.25) is 9.59 Å². The molecule has 1 aromatic heterocycles. The fraction of sp³-hybridized carbons (Fsp3) is 0.211. The molecule has 0 saturated heterocycles. The first kappa shape index (κ1) is 17.2. The largest absolute Gasteiger partial charge is 0.302 e. The summed E-state index contributed by atoms with van der Waals surface area (Å²) in [7, 11) is 0. The number of aromatic amines is 1. The first-order chi connectivity index (χ1) is 12.6. The number of hydrogen-bond acceptors (Lipinski definition) is 5. The molecule has 2 aliphatic rings. The highest BCUT2D eigenvalue weighted by molar-refractivity contribution is 8.00. The van der Waals surface area contributed by atoms with Gasteiger partial charge in [0, 0.05) is 16.7 Å². The van der Waals surface area contributed by atoms with Gasteiger partial charge in [-0.05, 0) is 19.1 Å². The highest BCUT2D eigenvalue weighted by Crippen LogP contribution is 2.43. The van der Waals surface area contributed by atoms with Crippen molar-refractivity contribution >= 4 is 35.1 Å². The number of carbonyl (C=O) groups is 1. The number of anilines is 1. The lowest BCUT2D eigenvalue weighted by Gasteiger charge is -2.40. The van der Waals surface area contributed by atoms with E-state index in [1.807, 2.05) is 35.3 Å². The Hall–Kier alpha value is -2.25. The number of H-pyrrole nitrogens is 1.